The quantitative estimate of drug-likeness (QED) is 0.419. The fraction of sp³-hybridized carbons (Fsp3) is 0.500. The van der Waals surface area contributed by atoms with Gasteiger partial charge in [-0.15, -0.1) is 0 Å². The second-order valence-electron chi connectivity index (χ2n) is 2.46. The summed E-state index contributed by atoms with van der Waals surface area (Å²) in [6.45, 7) is 0. The number of aliphatic carboxylic acids is 3. The van der Waals surface area contributed by atoms with Gasteiger partial charge in [-0.3, -0.25) is 4.79 Å². The van der Waals surface area contributed by atoms with Crippen LogP contribution in [0.5, 0.6) is 0 Å². The molecule has 0 aliphatic carbocycles. The van der Waals surface area contributed by atoms with Crippen LogP contribution >= 0.6 is 0 Å². The molecule has 0 radical (unpaired) electrons. The Kier molecular flexibility index (Phi) is 25.1. The summed E-state index contributed by atoms with van der Waals surface area (Å²) in [6.07, 6.45) is -2.44. The van der Waals surface area contributed by atoms with Crippen LogP contribution in [-0.2, 0) is 19.9 Å². The standard InChI is InChI=1S/C6H8O7.3Na.O/c7-3(8)1-6(13,5(11)12)2-4(9)10;;;;/h13H,1-2H2,(H,7,8)(H,9,10)(H,11,12);;;;/q;3*+1;-2/p-1. The third-order valence-corrected chi connectivity index (χ3v) is 1.28. The molecule has 0 fully saturated rings. The number of rotatable bonds is 5. The Morgan fingerprint density at radius 1 is 1.00 bits per heavy atom. The van der Waals surface area contributed by atoms with E-state index in [9.17, 15) is 19.5 Å². The Hall–Kier alpha value is 1.33. The molecule has 0 aliphatic rings. The van der Waals surface area contributed by atoms with Crippen LogP contribution in [-0.4, -0.2) is 38.8 Å². The summed E-state index contributed by atoms with van der Waals surface area (Å²) < 4.78 is 0. The molecule has 1 atom stereocenters. The fourth-order valence-electron chi connectivity index (χ4n) is 0.703. The van der Waals surface area contributed by atoms with Gasteiger partial charge in [-0.2, -0.15) is 0 Å². The van der Waals surface area contributed by atoms with Crippen LogP contribution in [0.1, 0.15) is 12.8 Å². The summed E-state index contributed by atoms with van der Waals surface area (Å²) in [4.78, 5) is 30.3. The van der Waals surface area contributed by atoms with Gasteiger partial charge in [0.05, 0.1) is 6.42 Å². The van der Waals surface area contributed by atoms with Gasteiger partial charge in [-0.25, -0.2) is 4.79 Å². The van der Waals surface area contributed by atoms with E-state index in [1.165, 1.54) is 0 Å². The predicted molar refractivity (Wildman–Crippen MR) is 35.1 cm³/mol. The Bertz CT molecular complexity index is 240. The molecule has 1 unspecified atom stereocenters. The van der Waals surface area contributed by atoms with Crippen LogP contribution in [0, 0.1) is 0 Å². The monoisotopic (exact) mass is 276 g/mol. The number of carbonyl (C=O) groups is 3. The van der Waals surface area contributed by atoms with Crippen LogP contribution < -0.4 is 93.8 Å². The van der Waals surface area contributed by atoms with Crippen molar-refractivity contribution in [1.82, 2.24) is 0 Å². The molecule has 0 spiro atoms. The van der Waals surface area contributed by atoms with Gasteiger partial charge in [-0.1, -0.05) is 0 Å². The average molecular weight is 276 g/mol. The van der Waals surface area contributed by atoms with E-state index >= 15 is 0 Å². The normalized spacial score (nSPS) is 11.1. The number of carboxylic acid groups (broad SMARTS) is 3. The van der Waals surface area contributed by atoms with Crippen molar-refractivity contribution < 1.29 is 129 Å². The molecular weight excluding hydrogens is 269 g/mol. The minimum atomic E-state index is -2.80. The Balaban J connectivity index is -0.000000120. The minimum Gasteiger partial charge on any atom is -2.00 e. The smallest absolute Gasteiger partial charge is 1.00 e. The van der Waals surface area contributed by atoms with Crippen LogP contribution in [0.4, 0.5) is 0 Å². The van der Waals surface area contributed by atoms with E-state index < -0.39 is 36.4 Å². The summed E-state index contributed by atoms with van der Waals surface area (Å²) in [7, 11) is 0. The molecule has 0 aromatic rings. The molecular formula is C6H7Na3O8. The number of hydrogen-bond acceptors (Lipinski definition) is 5. The average Bonchev–Trinajstić information content (AvgIpc) is 1.82. The summed E-state index contributed by atoms with van der Waals surface area (Å²) in [5.41, 5.74) is -2.80. The van der Waals surface area contributed by atoms with Crippen molar-refractivity contribution >= 4 is 17.9 Å². The maximum absolute atomic E-state index is 10.3. The zero-order valence-electron chi connectivity index (χ0n) is 9.80. The van der Waals surface area contributed by atoms with Gasteiger partial charge in [0.1, 0.15) is 0 Å². The van der Waals surface area contributed by atoms with Crippen LogP contribution in [0.15, 0.2) is 0 Å². The van der Waals surface area contributed by atoms with E-state index in [0.717, 1.165) is 0 Å². The first-order valence-corrected chi connectivity index (χ1v) is 3.15. The molecule has 8 nitrogen and oxygen atoms in total. The topological polar surface area (TPSA) is 163 Å². The number of carbonyl (C=O) groups excluding carboxylic acids is 1. The molecule has 0 saturated carbocycles. The van der Waals surface area contributed by atoms with Gasteiger partial charge in [0.2, 0.25) is 0 Å². The van der Waals surface area contributed by atoms with Crippen molar-refractivity contribution in [3.05, 3.63) is 0 Å². The van der Waals surface area contributed by atoms with Gasteiger partial charge < -0.3 is 30.7 Å². The number of aliphatic hydroxyl groups is 1. The van der Waals surface area contributed by atoms with Gasteiger partial charge in [0.15, 0.2) is 5.60 Å². The summed E-state index contributed by atoms with van der Waals surface area (Å²) in [6, 6.07) is 0. The molecule has 0 aromatic carbocycles. The van der Waals surface area contributed by atoms with Gasteiger partial charge in [-0.05, 0) is 0 Å². The molecule has 0 amide bonds. The molecule has 0 bridgehead atoms. The number of hydrogen-bond donors (Lipinski definition) is 3. The van der Waals surface area contributed by atoms with Crippen molar-refractivity contribution in [1.29, 1.82) is 0 Å². The van der Waals surface area contributed by atoms with Crippen molar-refractivity contribution in [3.63, 3.8) is 0 Å². The van der Waals surface area contributed by atoms with Crippen molar-refractivity contribution in [3.8, 4) is 0 Å². The molecule has 82 valence electrons. The van der Waals surface area contributed by atoms with E-state index in [0.29, 0.717) is 0 Å². The second kappa shape index (κ2) is 13.8. The predicted octanol–water partition coefficient (Wildman–Crippen LogP) is -11.7. The molecule has 0 heterocycles. The van der Waals surface area contributed by atoms with E-state index in [2.05, 4.69) is 0 Å². The van der Waals surface area contributed by atoms with Crippen molar-refractivity contribution in [2.75, 3.05) is 0 Å². The molecule has 0 saturated heterocycles. The summed E-state index contributed by atoms with van der Waals surface area (Å²) in [5.74, 6) is -5.34. The third-order valence-electron chi connectivity index (χ3n) is 1.28. The number of carboxylic acids is 3. The first-order chi connectivity index (χ1) is 5.78. The fourth-order valence-corrected chi connectivity index (χ4v) is 0.703. The van der Waals surface area contributed by atoms with Gasteiger partial charge in [0, 0.05) is 12.4 Å². The first kappa shape index (κ1) is 31.0. The molecule has 0 aliphatic heterocycles. The van der Waals surface area contributed by atoms with Gasteiger partial charge in [0.25, 0.3) is 0 Å². The maximum Gasteiger partial charge on any atom is 1.00 e. The van der Waals surface area contributed by atoms with E-state index in [-0.39, 0.29) is 94.1 Å². The zero-order chi connectivity index (χ0) is 10.6. The molecule has 0 aromatic heterocycles. The first-order valence-electron chi connectivity index (χ1n) is 3.15. The zero-order valence-corrected chi connectivity index (χ0v) is 15.8. The van der Waals surface area contributed by atoms with Gasteiger partial charge >= 0.3 is 101 Å². The largest absolute Gasteiger partial charge is 2.00 e. The Morgan fingerprint density at radius 3 is 1.53 bits per heavy atom. The Morgan fingerprint density at radius 2 is 1.35 bits per heavy atom. The summed E-state index contributed by atoms with van der Waals surface area (Å²) >= 11 is 0. The molecule has 0 rings (SSSR count). The van der Waals surface area contributed by atoms with Crippen LogP contribution in [0.3, 0.4) is 0 Å². The second-order valence-corrected chi connectivity index (χ2v) is 2.46. The molecule has 3 N–H and O–H groups in total. The van der Waals surface area contributed by atoms with E-state index in [1.807, 2.05) is 0 Å². The molecule has 11 heteroatoms. The van der Waals surface area contributed by atoms with Crippen LogP contribution in [0.2, 0.25) is 0 Å². The van der Waals surface area contributed by atoms with Crippen molar-refractivity contribution in [2.24, 2.45) is 0 Å². The SMILES string of the molecule is O=C([O-])CC(O)(CC(=O)O)C(=O)O.[Na+].[Na+].[Na+].[O-2]. The summed E-state index contributed by atoms with van der Waals surface area (Å²) in [5, 5.41) is 35.5. The molecule has 17 heavy (non-hydrogen) atoms. The third kappa shape index (κ3) is 13.6. The van der Waals surface area contributed by atoms with E-state index in [1.54, 1.807) is 0 Å². The minimum absolute atomic E-state index is 0. The van der Waals surface area contributed by atoms with Crippen LogP contribution in [0.25, 0.3) is 0 Å². The Labute approximate surface area is 163 Å². The van der Waals surface area contributed by atoms with E-state index in [4.69, 9.17) is 15.3 Å². The maximum atomic E-state index is 10.3. The van der Waals surface area contributed by atoms with Crippen molar-refractivity contribution in [2.45, 2.75) is 18.4 Å².